The van der Waals surface area contributed by atoms with E-state index < -0.39 is 0 Å². The topological polar surface area (TPSA) is 75.9 Å². The third-order valence-electron chi connectivity index (χ3n) is 4.03. The molecule has 0 unspecified atom stereocenters. The van der Waals surface area contributed by atoms with Crippen LogP contribution in [-0.2, 0) is 16.0 Å². The van der Waals surface area contributed by atoms with Crippen molar-refractivity contribution in [2.24, 2.45) is 0 Å². The molecule has 0 spiro atoms. The van der Waals surface area contributed by atoms with Gasteiger partial charge in [0.25, 0.3) is 0 Å². The molecule has 2 amide bonds. The SMILES string of the molecule is COC(=O)N1CCCN(C(=O)Cc2ccc3ncoc3c2)CC1. The van der Waals surface area contributed by atoms with Crippen molar-refractivity contribution in [1.82, 2.24) is 14.8 Å². The molecule has 0 radical (unpaired) electrons. The lowest BCUT2D eigenvalue weighted by Gasteiger charge is -2.21. The van der Waals surface area contributed by atoms with E-state index in [4.69, 9.17) is 9.15 Å². The van der Waals surface area contributed by atoms with Crippen molar-refractivity contribution in [3.63, 3.8) is 0 Å². The molecule has 7 heteroatoms. The van der Waals surface area contributed by atoms with E-state index >= 15 is 0 Å². The summed E-state index contributed by atoms with van der Waals surface area (Å²) in [6.45, 7) is 2.29. The number of oxazole rings is 1. The van der Waals surface area contributed by atoms with Crippen LogP contribution < -0.4 is 0 Å². The van der Waals surface area contributed by atoms with Crippen molar-refractivity contribution in [3.8, 4) is 0 Å². The van der Waals surface area contributed by atoms with Gasteiger partial charge in [0.05, 0.1) is 13.5 Å². The standard InChI is InChI=1S/C16H19N3O4/c1-22-16(21)19-6-2-5-18(7-8-19)15(20)10-12-3-4-13-14(9-12)23-11-17-13/h3-4,9,11H,2,5-8,10H2,1H3. The molecule has 0 atom stereocenters. The van der Waals surface area contributed by atoms with Gasteiger partial charge in [-0.3, -0.25) is 4.79 Å². The van der Waals surface area contributed by atoms with E-state index in [1.165, 1.54) is 13.5 Å². The molecule has 1 aromatic carbocycles. The number of carbonyl (C=O) groups is 2. The highest BCUT2D eigenvalue weighted by molar-refractivity contribution is 5.81. The van der Waals surface area contributed by atoms with Crippen molar-refractivity contribution in [3.05, 3.63) is 30.2 Å². The molecule has 0 aliphatic carbocycles. The van der Waals surface area contributed by atoms with Gasteiger partial charge in [0.1, 0.15) is 5.52 Å². The predicted octanol–water partition coefficient (Wildman–Crippen LogP) is 1.67. The number of ether oxygens (including phenoxy) is 1. The normalized spacial score (nSPS) is 15.5. The van der Waals surface area contributed by atoms with E-state index in [2.05, 4.69) is 4.98 Å². The van der Waals surface area contributed by atoms with Crippen LogP contribution in [0.3, 0.4) is 0 Å². The summed E-state index contributed by atoms with van der Waals surface area (Å²) in [5.74, 6) is 0.0515. The van der Waals surface area contributed by atoms with Gasteiger partial charge in [0.2, 0.25) is 5.91 Å². The molecule has 1 fully saturated rings. The molecule has 3 rings (SSSR count). The van der Waals surface area contributed by atoms with Crippen molar-refractivity contribution >= 4 is 23.1 Å². The Morgan fingerprint density at radius 3 is 2.83 bits per heavy atom. The molecular weight excluding hydrogens is 298 g/mol. The first-order valence-corrected chi connectivity index (χ1v) is 7.60. The number of hydrogen-bond donors (Lipinski definition) is 0. The minimum Gasteiger partial charge on any atom is -0.453 e. The molecule has 2 aromatic rings. The van der Waals surface area contributed by atoms with Gasteiger partial charge >= 0.3 is 6.09 Å². The molecule has 1 aliphatic rings. The minimum atomic E-state index is -0.338. The zero-order chi connectivity index (χ0) is 16.2. The Morgan fingerprint density at radius 1 is 1.22 bits per heavy atom. The predicted molar refractivity (Wildman–Crippen MR) is 82.9 cm³/mol. The second kappa shape index (κ2) is 6.68. The van der Waals surface area contributed by atoms with Gasteiger partial charge < -0.3 is 19.0 Å². The van der Waals surface area contributed by atoms with Crippen LogP contribution in [0, 0.1) is 0 Å². The van der Waals surface area contributed by atoms with Crippen LogP contribution >= 0.6 is 0 Å². The molecule has 1 aliphatic heterocycles. The highest BCUT2D eigenvalue weighted by Crippen LogP contribution is 2.16. The van der Waals surface area contributed by atoms with Crippen LogP contribution in [-0.4, -0.2) is 60.1 Å². The van der Waals surface area contributed by atoms with Crippen LogP contribution in [0.1, 0.15) is 12.0 Å². The smallest absolute Gasteiger partial charge is 0.409 e. The average molecular weight is 317 g/mol. The Kier molecular flexibility index (Phi) is 4.45. The number of nitrogens with zero attached hydrogens (tertiary/aromatic N) is 3. The van der Waals surface area contributed by atoms with Crippen LogP contribution in [0.15, 0.2) is 29.0 Å². The Bertz CT molecular complexity index is 712. The lowest BCUT2D eigenvalue weighted by molar-refractivity contribution is -0.130. The third kappa shape index (κ3) is 3.44. The molecular formula is C16H19N3O4. The second-order valence-electron chi connectivity index (χ2n) is 5.52. The van der Waals surface area contributed by atoms with Gasteiger partial charge in [-0.05, 0) is 24.1 Å². The van der Waals surface area contributed by atoms with Crippen molar-refractivity contribution in [2.45, 2.75) is 12.8 Å². The molecule has 7 nitrogen and oxygen atoms in total. The summed E-state index contributed by atoms with van der Waals surface area (Å²) in [5, 5.41) is 0. The number of rotatable bonds is 2. The number of aromatic nitrogens is 1. The van der Waals surface area contributed by atoms with Gasteiger partial charge in [0.15, 0.2) is 12.0 Å². The van der Waals surface area contributed by atoms with E-state index in [1.54, 1.807) is 9.80 Å². The second-order valence-corrected chi connectivity index (χ2v) is 5.52. The maximum Gasteiger partial charge on any atom is 0.409 e. The monoisotopic (exact) mass is 317 g/mol. The molecule has 23 heavy (non-hydrogen) atoms. The van der Waals surface area contributed by atoms with Crippen molar-refractivity contribution in [1.29, 1.82) is 0 Å². The fourth-order valence-electron chi connectivity index (χ4n) is 2.77. The maximum atomic E-state index is 12.5. The number of fused-ring (bicyclic) bond motifs is 1. The molecule has 0 bridgehead atoms. The summed E-state index contributed by atoms with van der Waals surface area (Å²) in [5.41, 5.74) is 2.36. The fourth-order valence-corrected chi connectivity index (χ4v) is 2.77. The van der Waals surface area contributed by atoms with Crippen molar-refractivity contribution in [2.75, 3.05) is 33.3 Å². The molecule has 2 heterocycles. The molecule has 1 aromatic heterocycles. The summed E-state index contributed by atoms with van der Waals surface area (Å²) in [7, 11) is 1.37. The maximum absolute atomic E-state index is 12.5. The summed E-state index contributed by atoms with van der Waals surface area (Å²) in [6, 6.07) is 5.59. The van der Waals surface area contributed by atoms with Gasteiger partial charge in [-0.1, -0.05) is 6.07 Å². The summed E-state index contributed by atoms with van der Waals surface area (Å²) in [6.07, 6.45) is 2.12. The molecule has 122 valence electrons. The van der Waals surface area contributed by atoms with E-state index in [0.29, 0.717) is 38.2 Å². The highest BCUT2D eigenvalue weighted by Gasteiger charge is 2.22. The van der Waals surface area contributed by atoms with E-state index in [1.807, 2.05) is 18.2 Å². The fraction of sp³-hybridized carbons (Fsp3) is 0.438. The van der Waals surface area contributed by atoms with Crippen LogP contribution in [0.25, 0.3) is 11.1 Å². The van der Waals surface area contributed by atoms with Crippen LogP contribution in [0.5, 0.6) is 0 Å². The zero-order valence-electron chi connectivity index (χ0n) is 13.0. The summed E-state index contributed by atoms with van der Waals surface area (Å²) in [4.78, 5) is 31.6. The van der Waals surface area contributed by atoms with Crippen molar-refractivity contribution < 1.29 is 18.7 Å². The first kappa shape index (κ1) is 15.3. The number of methoxy groups -OCH3 is 1. The van der Waals surface area contributed by atoms with E-state index in [-0.39, 0.29) is 12.0 Å². The summed E-state index contributed by atoms with van der Waals surface area (Å²) < 4.78 is 10.0. The van der Waals surface area contributed by atoms with Gasteiger partial charge in [-0.25, -0.2) is 9.78 Å². The number of benzene rings is 1. The Labute approximate surface area is 133 Å². The first-order chi connectivity index (χ1) is 11.2. The molecule has 0 N–H and O–H groups in total. The highest BCUT2D eigenvalue weighted by atomic mass is 16.5. The first-order valence-electron chi connectivity index (χ1n) is 7.60. The lowest BCUT2D eigenvalue weighted by atomic mass is 10.1. The number of hydrogen-bond acceptors (Lipinski definition) is 5. The zero-order valence-corrected chi connectivity index (χ0v) is 13.0. The summed E-state index contributed by atoms with van der Waals surface area (Å²) >= 11 is 0. The molecule has 0 saturated carbocycles. The lowest BCUT2D eigenvalue weighted by Crippen LogP contribution is -2.37. The third-order valence-corrected chi connectivity index (χ3v) is 4.03. The van der Waals surface area contributed by atoms with E-state index in [9.17, 15) is 9.59 Å². The Hall–Kier alpha value is -2.57. The van der Waals surface area contributed by atoms with Gasteiger partial charge in [-0.2, -0.15) is 0 Å². The van der Waals surface area contributed by atoms with Gasteiger partial charge in [-0.15, -0.1) is 0 Å². The Balaban J connectivity index is 1.62. The molecule has 1 saturated heterocycles. The number of carbonyl (C=O) groups excluding carboxylic acids is 2. The van der Waals surface area contributed by atoms with Crippen LogP contribution in [0.4, 0.5) is 4.79 Å². The van der Waals surface area contributed by atoms with E-state index in [0.717, 1.165) is 17.5 Å². The van der Waals surface area contributed by atoms with Crippen LogP contribution in [0.2, 0.25) is 0 Å². The average Bonchev–Trinajstić information content (AvgIpc) is 2.88. The largest absolute Gasteiger partial charge is 0.453 e. The minimum absolute atomic E-state index is 0.0515. The Morgan fingerprint density at radius 2 is 2.00 bits per heavy atom. The number of amides is 2. The quantitative estimate of drug-likeness (QED) is 0.842. The van der Waals surface area contributed by atoms with Gasteiger partial charge in [0, 0.05) is 26.2 Å².